The highest BCUT2D eigenvalue weighted by Gasteiger charge is 2.41. The quantitative estimate of drug-likeness (QED) is 0.295. The van der Waals surface area contributed by atoms with E-state index in [9.17, 15) is 19.6 Å². The van der Waals surface area contributed by atoms with Crippen LogP contribution in [-0.4, -0.2) is 40.7 Å². The van der Waals surface area contributed by atoms with Gasteiger partial charge < -0.3 is 15.8 Å². The van der Waals surface area contributed by atoms with Gasteiger partial charge in [-0.3, -0.25) is 14.5 Å². The van der Waals surface area contributed by atoms with Gasteiger partial charge in [-0.1, -0.05) is 53.4 Å². The largest absolute Gasteiger partial charge is 0.465 e. The summed E-state index contributed by atoms with van der Waals surface area (Å²) in [6, 6.07) is 16.4. The van der Waals surface area contributed by atoms with E-state index in [4.69, 9.17) is 10.5 Å². The number of hydrogen-bond acceptors (Lipinski definition) is 11. The third-order valence-electron chi connectivity index (χ3n) is 6.91. The van der Waals surface area contributed by atoms with Crippen molar-refractivity contribution in [3.05, 3.63) is 87.9 Å². The molecule has 1 amide bonds. The molecule has 1 aromatic heterocycles. The molecule has 3 N–H and O–H groups in total. The van der Waals surface area contributed by atoms with Crippen molar-refractivity contribution < 1.29 is 19.1 Å². The van der Waals surface area contributed by atoms with Crippen molar-refractivity contribution in [2.45, 2.75) is 36.4 Å². The van der Waals surface area contributed by atoms with Crippen molar-refractivity contribution in [1.82, 2.24) is 10.2 Å². The molecule has 0 saturated carbocycles. The molecule has 0 spiro atoms. The van der Waals surface area contributed by atoms with Crippen LogP contribution in [0.25, 0.3) is 0 Å². The molecule has 1 atom stereocenters. The van der Waals surface area contributed by atoms with E-state index in [1.807, 2.05) is 31.2 Å². The summed E-state index contributed by atoms with van der Waals surface area (Å²) in [4.78, 5) is 39.4. The molecule has 1 aliphatic heterocycles. The molecule has 41 heavy (non-hydrogen) atoms. The van der Waals surface area contributed by atoms with Crippen LogP contribution in [0.15, 0.2) is 75.5 Å². The van der Waals surface area contributed by atoms with Gasteiger partial charge in [0.25, 0.3) is 0 Å². The molecule has 5 rings (SSSR count). The Balaban J connectivity index is 1.43. The Morgan fingerprint density at radius 2 is 1.95 bits per heavy atom. The van der Waals surface area contributed by atoms with Crippen LogP contribution in [0, 0.1) is 18.3 Å². The lowest BCUT2D eigenvalue weighted by molar-refractivity contribution is -0.116. The molecule has 1 aliphatic carbocycles. The number of aromatic nitrogens is 2. The van der Waals surface area contributed by atoms with Gasteiger partial charge in [0.1, 0.15) is 5.82 Å². The fourth-order valence-corrected chi connectivity index (χ4v) is 6.63. The molecule has 2 heterocycles. The first kappa shape index (κ1) is 28.1. The molecule has 2 aliphatic rings. The number of allylic oxidation sites excluding steroid dienone is 3. The summed E-state index contributed by atoms with van der Waals surface area (Å²) in [7, 11) is 1.30. The maximum absolute atomic E-state index is 13.3. The number of hydrogen-bond donors (Lipinski definition) is 2. The van der Waals surface area contributed by atoms with E-state index in [0.717, 1.165) is 11.3 Å². The Hall–Kier alpha value is -4.47. The number of nitrogens with zero attached hydrogens (tertiary/aromatic N) is 4. The van der Waals surface area contributed by atoms with Crippen LogP contribution in [0.1, 0.15) is 46.7 Å². The van der Waals surface area contributed by atoms with Crippen LogP contribution < -0.4 is 16.0 Å². The first-order valence-corrected chi connectivity index (χ1v) is 14.6. The van der Waals surface area contributed by atoms with Crippen molar-refractivity contribution in [3.63, 3.8) is 0 Å². The highest BCUT2D eigenvalue weighted by molar-refractivity contribution is 8.01. The minimum atomic E-state index is -0.669. The molecule has 12 heteroatoms. The zero-order chi connectivity index (χ0) is 29.1. The van der Waals surface area contributed by atoms with Gasteiger partial charge >= 0.3 is 5.97 Å². The number of nitriles is 1. The molecule has 0 saturated heterocycles. The lowest BCUT2D eigenvalue weighted by Crippen LogP contribution is -2.38. The number of ketones is 1. The fraction of sp³-hybridized carbons (Fsp3) is 0.241. The first-order valence-electron chi connectivity index (χ1n) is 12.8. The van der Waals surface area contributed by atoms with Crippen molar-refractivity contribution in [1.29, 1.82) is 5.26 Å². The van der Waals surface area contributed by atoms with E-state index in [-0.39, 0.29) is 28.8 Å². The van der Waals surface area contributed by atoms with Gasteiger partial charge in [0.05, 0.1) is 36.0 Å². The molecule has 0 fully saturated rings. The number of methoxy groups -OCH3 is 1. The third-order valence-corrected chi connectivity index (χ3v) is 8.95. The highest BCUT2D eigenvalue weighted by atomic mass is 32.2. The molecule has 1 unspecified atom stereocenters. The predicted octanol–water partition coefficient (Wildman–Crippen LogP) is 4.67. The van der Waals surface area contributed by atoms with Gasteiger partial charge in [-0.05, 0) is 49.1 Å². The summed E-state index contributed by atoms with van der Waals surface area (Å²) in [5.74, 6) is -1.08. The SMILES string of the molecule is COC(=O)c1ccc(C2C(C#N)=C(N)N(c3nnc(SCC(=O)Nc4ccccc4C)s3)C3=C2C(=O)CCC3)cc1. The lowest BCUT2D eigenvalue weighted by atomic mass is 9.75. The summed E-state index contributed by atoms with van der Waals surface area (Å²) in [6.07, 6.45) is 1.56. The first-order chi connectivity index (χ1) is 19.8. The Kier molecular flexibility index (Phi) is 8.19. The highest BCUT2D eigenvalue weighted by Crippen LogP contribution is 2.47. The Morgan fingerprint density at radius 3 is 2.66 bits per heavy atom. The molecule has 3 aromatic rings. The number of carbonyl (C=O) groups is 3. The Bertz CT molecular complexity index is 1640. The van der Waals surface area contributed by atoms with Crippen LogP contribution in [0.5, 0.6) is 0 Å². The van der Waals surface area contributed by atoms with Crippen LogP contribution >= 0.6 is 23.1 Å². The maximum atomic E-state index is 13.3. The summed E-state index contributed by atoms with van der Waals surface area (Å²) in [5.41, 5.74) is 10.8. The molecule has 10 nitrogen and oxygen atoms in total. The predicted molar refractivity (Wildman–Crippen MR) is 156 cm³/mol. The number of nitrogens with one attached hydrogen (secondary N) is 1. The van der Waals surface area contributed by atoms with Crippen molar-refractivity contribution in [2.24, 2.45) is 5.73 Å². The second-order valence-electron chi connectivity index (χ2n) is 9.43. The van der Waals surface area contributed by atoms with Crippen molar-refractivity contribution in [2.75, 3.05) is 23.1 Å². The van der Waals surface area contributed by atoms with E-state index in [1.165, 1.54) is 30.2 Å². The molecule has 2 aromatic carbocycles. The van der Waals surface area contributed by atoms with Crippen LogP contribution in [0.4, 0.5) is 10.8 Å². The Morgan fingerprint density at radius 1 is 1.20 bits per heavy atom. The molecule has 0 bridgehead atoms. The summed E-state index contributed by atoms with van der Waals surface area (Å²) in [6.45, 7) is 1.92. The third kappa shape index (κ3) is 5.59. The van der Waals surface area contributed by atoms with Crippen molar-refractivity contribution >= 4 is 51.6 Å². The number of para-hydroxylation sites is 1. The number of nitrogens with two attached hydrogens (primary N) is 1. The number of benzene rings is 2. The van der Waals surface area contributed by atoms with Gasteiger partial charge in [-0.2, -0.15) is 5.26 Å². The van der Waals surface area contributed by atoms with E-state index in [2.05, 4.69) is 21.6 Å². The minimum Gasteiger partial charge on any atom is -0.465 e. The maximum Gasteiger partial charge on any atom is 0.337 e. The second-order valence-corrected chi connectivity index (χ2v) is 11.6. The number of Topliss-reactive ketones (excluding diaryl/α,β-unsaturated/α-hetero) is 1. The standard InChI is InChI=1S/C29H26N6O4S2/c1-16-6-3-4-7-20(16)32-23(37)15-40-29-34-33-28(41-29)35-21-8-5-9-22(36)25(21)24(19(14-30)26(35)31)17-10-12-18(13-11-17)27(38)39-2/h3-4,6-7,10-13,24H,5,8-9,15,31H2,1-2H3,(H,32,37). The van der Waals surface area contributed by atoms with Gasteiger partial charge in [0.15, 0.2) is 10.1 Å². The number of ether oxygens (including phenoxy) is 1. The van der Waals surface area contributed by atoms with Crippen molar-refractivity contribution in [3.8, 4) is 6.07 Å². The number of thioether (sulfide) groups is 1. The average Bonchev–Trinajstić information content (AvgIpc) is 3.45. The Labute approximate surface area is 244 Å². The zero-order valence-corrected chi connectivity index (χ0v) is 24.0. The summed E-state index contributed by atoms with van der Waals surface area (Å²) in [5, 5.41) is 22.1. The van der Waals surface area contributed by atoms with E-state index >= 15 is 0 Å². The minimum absolute atomic E-state index is 0.0643. The number of aryl methyl sites for hydroxylation is 1. The van der Waals surface area contributed by atoms with Crippen LogP contribution in [0.3, 0.4) is 0 Å². The second kappa shape index (κ2) is 12.0. The monoisotopic (exact) mass is 586 g/mol. The van der Waals surface area contributed by atoms with Crippen LogP contribution in [-0.2, 0) is 14.3 Å². The number of rotatable bonds is 7. The topological polar surface area (TPSA) is 151 Å². The number of esters is 1. The van der Waals surface area contributed by atoms with Crippen LogP contribution in [0.2, 0.25) is 0 Å². The van der Waals surface area contributed by atoms with E-state index in [1.54, 1.807) is 29.2 Å². The zero-order valence-electron chi connectivity index (χ0n) is 22.3. The fourth-order valence-electron chi connectivity index (χ4n) is 4.95. The summed E-state index contributed by atoms with van der Waals surface area (Å²) >= 11 is 2.48. The van der Waals surface area contributed by atoms with Gasteiger partial charge in [0.2, 0.25) is 11.0 Å². The van der Waals surface area contributed by atoms with Gasteiger partial charge in [-0.15, -0.1) is 10.2 Å². The molecular weight excluding hydrogens is 560 g/mol. The number of anilines is 2. The number of amides is 1. The van der Waals surface area contributed by atoms with E-state index in [0.29, 0.717) is 51.1 Å². The lowest BCUT2D eigenvalue weighted by Gasteiger charge is -2.38. The molecular formula is C29H26N6O4S2. The van der Waals surface area contributed by atoms with Gasteiger partial charge in [-0.25, -0.2) is 4.79 Å². The average molecular weight is 587 g/mol. The summed E-state index contributed by atoms with van der Waals surface area (Å²) < 4.78 is 5.34. The smallest absolute Gasteiger partial charge is 0.337 e. The normalized spacial score (nSPS) is 16.8. The molecule has 0 radical (unpaired) electrons. The molecule has 208 valence electrons. The van der Waals surface area contributed by atoms with E-state index < -0.39 is 11.9 Å². The number of carbonyl (C=O) groups excluding carboxylic acids is 3. The van der Waals surface area contributed by atoms with Gasteiger partial charge in [0, 0.05) is 23.4 Å².